The third-order valence-corrected chi connectivity index (χ3v) is 5.91. The zero-order valence-corrected chi connectivity index (χ0v) is 20.0. The van der Waals surface area contributed by atoms with E-state index in [1.54, 1.807) is 24.3 Å². The van der Waals surface area contributed by atoms with Gasteiger partial charge < -0.3 is 29.3 Å². The van der Waals surface area contributed by atoms with Crippen LogP contribution in [0.4, 0.5) is 5.69 Å². The Morgan fingerprint density at radius 2 is 1.67 bits per heavy atom. The van der Waals surface area contributed by atoms with E-state index >= 15 is 0 Å². The Morgan fingerprint density at radius 3 is 2.30 bits per heavy atom. The number of nitrogens with one attached hydrogen (secondary N) is 1. The topological polar surface area (TPSA) is 80.3 Å². The van der Waals surface area contributed by atoms with Gasteiger partial charge in [0.25, 0.3) is 5.91 Å². The standard InChI is InChI=1S/C24H30ClN3O5/c1-31-20-15-17(16-21(32-2)23(20)33-3)26-22(29)9-12-27-10-6-11-28(14-13-27)24(30)18-7-4-5-8-19(18)25/h4-5,7-8,15-16H,6,9-14H2,1-3H3,(H,26,29). The summed E-state index contributed by atoms with van der Waals surface area (Å²) < 4.78 is 16.0. The molecule has 2 aromatic rings. The lowest BCUT2D eigenvalue weighted by molar-refractivity contribution is -0.116. The molecule has 0 spiro atoms. The van der Waals surface area contributed by atoms with Crippen LogP contribution >= 0.6 is 11.6 Å². The van der Waals surface area contributed by atoms with E-state index in [9.17, 15) is 9.59 Å². The first-order valence-electron chi connectivity index (χ1n) is 10.8. The highest BCUT2D eigenvalue weighted by atomic mass is 35.5. The van der Waals surface area contributed by atoms with E-state index in [4.69, 9.17) is 25.8 Å². The number of benzene rings is 2. The van der Waals surface area contributed by atoms with E-state index in [1.165, 1.54) is 21.3 Å². The molecule has 8 nitrogen and oxygen atoms in total. The Hall–Kier alpha value is -2.97. The number of carbonyl (C=O) groups excluding carboxylic acids is 2. The van der Waals surface area contributed by atoms with E-state index in [2.05, 4.69) is 10.2 Å². The highest BCUT2D eigenvalue weighted by molar-refractivity contribution is 6.33. The van der Waals surface area contributed by atoms with Crippen LogP contribution in [0.15, 0.2) is 36.4 Å². The van der Waals surface area contributed by atoms with E-state index in [-0.39, 0.29) is 11.8 Å². The summed E-state index contributed by atoms with van der Waals surface area (Å²) in [5.41, 5.74) is 1.10. The van der Waals surface area contributed by atoms with Gasteiger partial charge in [-0.1, -0.05) is 23.7 Å². The van der Waals surface area contributed by atoms with Gasteiger partial charge in [-0.15, -0.1) is 0 Å². The number of nitrogens with zero attached hydrogens (tertiary/aromatic N) is 2. The Bertz CT molecular complexity index is 959. The highest BCUT2D eigenvalue weighted by Gasteiger charge is 2.22. The van der Waals surface area contributed by atoms with Gasteiger partial charge in [-0.2, -0.15) is 0 Å². The molecule has 3 rings (SSSR count). The van der Waals surface area contributed by atoms with Crippen molar-refractivity contribution in [2.75, 3.05) is 59.4 Å². The van der Waals surface area contributed by atoms with Crippen LogP contribution in [-0.4, -0.2) is 75.7 Å². The summed E-state index contributed by atoms with van der Waals surface area (Å²) in [6.45, 7) is 3.39. The minimum absolute atomic E-state index is 0.0532. The smallest absolute Gasteiger partial charge is 0.255 e. The van der Waals surface area contributed by atoms with E-state index in [0.717, 1.165) is 13.0 Å². The molecule has 1 saturated heterocycles. The van der Waals surface area contributed by atoms with Crippen LogP contribution in [0, 0.1) is 0 Å². The fraction of sp³-hybridized carbons (Fsp3) is 0.417. The fourth-order valence-electron chi connectivity index (χ4n) is 3.84. The van der Waals surface area contributed by atoms with Gasteiger partial charge in [-0.3, -0.25) is 9.59 Å². The lowest BCUT2D eigenvalue weighted by Crippen LogP contribution is -2.36. The number of methoxy groups -OCH3 is 3. The number of rotatable bonds is 8. The highest BCUT2D eigenvalue weighted by Crippen LogP contribution is 2.39. The zero-order valence-electron chi connectivity index (χ0n) is 19.2. The van der Waals surface area contributed by atoms with Crippen molar-refractivity contribution in [3.05, 3.63) is 47.0 Å². The van der Waals surface area contributed by atoms with Crippen LogP contribution in [0.1, 0.15) is 23.2 Å². The maximum Gasteiger partial charge on any atom is 0.255 e. The number of ether oxygens (including phenoxy) is 3. The Labute approximate surface area is 199 Å². The quantitative estimate of drug-likeness (QED) is 0.629. The van der Waals surface area contributed by atoms with Crippen LogP contribution in [-0.2, 0) is 4.79 Å². The van der Waals surface area contributed by atoms with Crippen LogP contribution in [0.5, 0.6) is 17.2 Å². The monoisotopic (exact) mass is 475 g/mol. The van der Waals surface area contributed by atoms with Crippen LogP contribution in [0.2, 0.25) is 5.02 Å². The molecule has 0 radical (unpaired) electrons. The van der Waals surface area contributed by atoms with E-state index in [0.29, 0.717) is 66.1 Å². The molecule has 9 heteroatoms. The van der Waals surface area contributed by atoms with Crippen molar-refractivity contribution in [1.29, 1.82) is 0 Å². The Balaban J connectivity index is 1.53. The van der Waals surface area contributed by atoms with Crippen molar-refractivity contribution >= 4 is 29.1 Å². The molecule has 0 atom stereocenters. The second kappa shape index (κ2) is 11.8. The molecule has 2 aromatic carbocycles. The number of amides is 2. The molecule has 1 N–H and O–H groups in total. The largest absolute Gasteiger partial charge is 0.493 e. The molecule has 0 unspecified atom stereocenters. The van der Waals surface area contributed by atoms with Gasteiger partial charge in [0.15, 0.2) is 11.5 Å². The first kappa shape index (κ1) is 24.7. The molecule has 33 heavy (non-hydrogen) atoms. The van der Waals surface area contributed by atoms with Crippen LogP contribution in [0.25, 0.3) is 0 Å². The predicted octanol–water partition coefficient (Wildman–Crippen LogP) is 3.54. The maximum absolute atomic E-state index is 12.8. The third kappa shape index (κ3) is 6.30. The van der Waals surface area contributed by atoms with Crippen molar-refractivity contribution in [3.63, 3.8) is 0 Å². The van der Waals surface area contributed by atoms with Gasteiger partial charge in [0.1, 0.15) is 0 Å². The number of anilines is 1. The fourth-order valence-corrected chi connectivity index (χ4v) is 4.06. The summed E-state index contributed by atoms with van der Waals surface area (Å²) in [5, 5.41) is 3.36. The molecule has 1 aliphatic heterocycles. The molecule has 0 aromatic heterocycles. The van der Waals surface area contributed by atoms with Gasteiger partial charge in [0.2, 0.25) is 11.7 Å². The van der Waals surface area contributed by atoms with Gasteiger partial charge >= 0.3 is 0 Å². The normalized spacial score (nSPS) is 14.4. The van der Waals surface area contributed by atoms with Crippen molar-refractivity contribution in [1.82, 2.24) is 9.80 Å². The molecule has 0 aliphatic carbocycles. The number of carbonyl (C=O) groups is 2. The van der Waals surface area contributed by atoms with Crippen LogP contribution < -0.4 is 19.5 Å². The van der Waals surface area contributed by atoms with E-state index < -0.39 is 0 Å². The van der Waals surface area contributed by atoms with Crippen molar-refractivity contribution in [2.24, 2.45) is 0 Å². The average molecular weight is 476 g/mol. The van der Waals surface area contributed by atoms with Crippen LogP contribution in [0.3, 0.4) is 0 Å². The Morgan fingerprint density at radius 1 is 0.970 bits per heavy atom. The maximum atomic E-state index is 12.8. The SMILES string of the molecule is COc1cc(NC(=O)CCN2CCCN(C(=O)c3ccccc3Cl)CC2)cc(OC)c1OC. The summed E-state index contributed by atoms with van der Waals surface area (Å²) in [7, 11) is 4.59. The summed E-state index contributed by atoms with van der Waals surface area (Å²) in [6, 6.07) is 10.5. The molecule has 0 bridgehead atoms. The zero-order chi connectivity index (χ0) is 23.8. The van der Waals surface area contributed by atoms with E-state index in [1.807, 2.05) is 17.0 Å². The minimum Gasteiger partial charge on any atom is -0.493 e. The lowest BCUT2D eigenvalue weighted by Gasteiger charge is -2.22. The molecule has 1 heterocycles. The van der Waals surface area contributed by atoms with Crippen molar-refractivity contribution in [2.45, 2.75) is 12.8 Å². The average Bonchev–Trinajstić information content (AvgIpc) is 3.07. The number of hydrogen-bond acceptors (Lipinski definition) is 6. The summed E-state index contributed by atoms with van der Waals surface area (Å²) in [6.07, 6.45) is 1.17. The number of halogens is 1. The molecule has 1 fully saturated rings. The first-order valence-corrected chi connectivity index (χ1v) is 11.2. The predicted molar refractivity (Wildman–Crippen MR) is 128 cm³/mol. The summed E-state index contributed by atoms with van der Waals surface area (Å²) in [5.74, 6) is 1.25. The molecular formula is C24H30ClN3O5. The minimum atomic E-state index is -0.113. The van der Waals surface area contributed by atoms with Crippen molar-refractivity contribution in [3.8, 4) is 17.2 Å². The molecule has 178 valence electrons. The summed E-state index contributed by atoms with van der Waals surface area (Å²) in [4.78, 5) is 29.4. The summed E-state index contributed by atoms with van der Waals surface area (Å²) >= 11 is 6.19. The second-order valence-corrected chi connectivity index (χ2v) is 8.09. The molecule has 0 saturated carbocycles. The van der Waals surface area contributed by atoms with Crippen molar-refractivity contribution < 1.29 is 23.8 Å². The Kier molecular flexibility index (Phi) is 8.79. The van der Waals surface area contributed by atoms with Gasteiger partial charge in [-0.25, -0.2) is 0 Å². The first-order chi connectivity index (χ1) is 16.0. The van der Waals surface area contributed by atoms with Gasteiger partial charge in [0.05, 0.1) is 31.9 Å². The molecule has 2 amide bonds. The molecule has 1 aliphatic rings. The number of hydrogen-bond donors (Lipinski definition) is 1. The lowest BCUT2D eigenvalue weighted by atomic mass is 10.2. The van der Waals surface area contributed by atoms with Gasteiger partial charge in [0, 0.05) is 50.4 Å². The molecular weight excluding hydrogens is 446 g/mol. The second-order valence-electron chi connectivity index (χ2n) is 7.68. The third-order valence-electron chi connectivity index (χ3n) is 5.58. The van der Waals surface area contributed by atoms with Gasteiger partial charge in [-0.05, 0) is 25.1 Å².